The second-order valence-electron chi connectivity index (χ2n) is 8.33. The van der Waals surface area contributed by atoms with Gasteiger partial charge >= 0.3 is 0 Å². The molecule has 2 aliphatic heterocycles. The lowest BCUT2D eigenvalue weighted by molar-refractivity contribution is 0.00370. The molecule has 2 fully saturated rings. The van der Waals surface area contributed by atoms with Crippen molar-refractivity contribution in [2.45, 2.75) is 52.7 Å². The average molecular weight is 340 g/mol. The molecule has 0 amide bonds. The average Bonchev–Trinajstić information content (AvgIpc) is 3.02. The quantitative estimate of drug-likeness (QED) is 0.852. The summed E-state index contributed by atoms with van der Waals surface area (Å²) in [6, 6.07) is 6.67. The summed E-state index contributed by atoms with van der Waals surface area (Å²) in [7, 11) is 0. The van der Waals surface area contributed by atoms with Crippen LogP contribution in [0.1, 0.15) is 38.7 Å². The second-order valence-corrected chi connectivity index (χ2v) is 8.33. The molecule has 1 unspecified atom stereocenters. The maximum absolute atomic E-state index is 5.82. The lowest BCUT2D eigenvalue weighted by Crippen LogP contribution is -2.53. The molecule has 0 aliphatic carbocycles. The number of hydrogen-bond acceptors (Lipinski definition) is 4. The number of benzene rings is 1. The van der Waals surface area contributed by atoms with Crippen LogP contribution in [0.25, 0.3) is 11.3 Å². The highest BCUT2D eigenvalue weighted by Gasteiger charge is 2.34. The normalized spacial score (nSPS) is 22.7. The number of anilines is 1. The van der Waals surface area contributed by atoms with Crippen LogP contribution in [0.5, 0.6) is 0 Å². The number of nitrogens with zero attached hydrogens (tertiary/aromatic N) is 4. The lowest BCUT2D eigenvalue weighted by Gasteiger charge is -2.47. The molecule has 3 heterocycles. The van der Waals surface area contributed by atoms with Crippen LogP contribution in [0.4, 0.5) is 5.69 Å². The van der Waals surface area contributed by atoms with E-state index in [-0.39, 0.29) is 6.10 Å². The Bertz CT molecular complexity index is 738. The molecule has 134 valence electrons. The zero-order chi connectivity index (χ0) is 17.4. The SMILES string of the molecule is Cc1ccc(N2CC(C)(C)C2)cc1-c1cn(CC2CCCCO2)nn1. The van der Waals surface area contributed by atoms with Gasteiger partial charge in [-0.3, -0.25) is 0 Å². The van der Waals surface area contributed by atoms with Gasteiger partial charge in [0.1, 0.15) is 5.69 Å². The fourth-order valence-electron chi connectivity index (χ4n) is 3.92. The fourth-order valence-corrected chi connectivity index (χ4v) is 3.92. The number of aromatic nitrogens is 3. The van der Waals surface area contributed by atoms with E-state index in [1.807, 2.05) is 4.68 Å². The highest BCUT2D eigenvalue weighted by molar-refractivity contribution is 5.69. The van der Waals surface area contributed by atoms with Crippen molar-refractivity contribution in [2.24, 2.45) is 5.41 Å². The van der Waals surface area contributed by atoms with Crippen molar-refractivity contribution in [1.82, 2.24) is 15.0 Å². The molecule has 1 aromatic heterocycles. The zero-order valence-electron chi connectivity index (χ0n) is 15.5. The molecule has 5 nitrogen and oxygen atoms in total. The van der Waals surface area contributed by atoms with Gasteiger partial charge in [0.2, 0.25) is 0 Å². The van der Waals surface area contributed by atoms with Gasteiger partial charge in [-0.05, 0) is 49.3 Å². The Balaban J connectivity index is 1.51. The smallest absolute Gasteiger partial charge is 0.113 e. The molecule has 2 aromatic rings. The van der Waals surface area contributed by atoms with Crippen molar-refractivity contribution in [3.8, 4) is 11.3 Å². The number of hydrogen-bond donors (Lipinski definition) is 0. The molecule has 2 aliphatic rings. The minimum atomic E-state index is 0.277. The number of aryl methyl sites for hydroxylation is 1. The summed E-state index contributed by atoms with van der Waals surface area (Å²) in [6.07, 6.45) is 5.88. The Morgan fingerprint density at radius 3 is 2.80 bits per heavy atom. The van der Waals surface area contributed by atoms with E-state index in [1.54, 1.807) is 0 Å². The van der Waals surface area contributed by atoms with Crippen molar-refractivity contribution >= 4 is 5.69 Å². The molecule has 4 rings (SSSR count). The van der Waals surface area contributed by atoms with E-state index in [1.165, 1.54) is 29.7 Å². The number of ether oxygens (including phenoxy) is 1. The summed E-state index contributed by atoms with van der Waals surface area (Å²) in [5.41, 5.74) is 5.08. The molecule has 0 N–H and O–H groups in total. The summed E-state index contributed by atoms with van der Waals surface area (Å²) >= 11 is 0. The summed E-state index contributed by atoms with van der Waals surface area (Å²) in [6.45, 7) is 10.7. The third-order valence-corrected chi connectivity index (χ3v) is 5.30. The first-order valence-electron chi connectivity index (χ1n) is 9.38. The van der Waals surface area contributed by atoms with E-state index in [9.17, 15) is 0 Å². The maximum Gasteiger partial charge on any atom is 0.113 e. The zero-order valence-corrected chi connectivity index (χ0v) is 15.5. The highest BCUT2D eigenvalue weighted by Crippen LogP contribution is 2.35. The minimum absolute atomic E-state index is 0.277. The first-order chi connectivity index (χ1) is 12.0. The molecule has 0 radical (unpaired) electrons. The lowest BCUT2D eigenvalue weighted by atomic mass is 9.84. The van der Waals surface area contributed by atoms with Gasteiger partial charge in [-0.2, -0.15) is 0 Å². The van der Waals surface area contributed by atoms with Gasteiger partial charge in [-0.1, -0.05) is 25.1 Å². The molecule has 25 heavy (non-hydrogen) atoms. The molecule has 0 saturated carbocycles. The van der Waals surface area contributed by atoms with E-state index in [2.05, 4.69) is 60.4 Å². The van der Waals surface area contributed by atoms with Crippen LogP contribution in [0.15, 0.2) is 24.4 Å². The van der Waals surface area contributed by atoms with E-state index >= 15 is 0 Å². The van der Waals surface area contributed by atoms with Gasteiger partial charge in [-0.15, -0.1) is 5.10 Å². The van der Waals surface area contributed by atoms with Crippen LogP contribution >= 0.6 is 0 Å². The highest BCUT2D eigenvalue weighted by atomic mass is 16.5. The van der Waals surface area contributed by atoms with Gasteiger partial charge in [0.25, 0.3) is 0 Å². The minimum Gasteiger partial charge on any atom is -0.376 e. The summed E-state index contributed by atoms with van der Waals surface area (Å²) in [5.74, 6) is 0. The molecule has 2 saturated heterocycles. The van der Waals surface area contributed by atoms with Crippen LogP contribution in [0, 0.1) is 12.3 Å². The Kier molecular flexibility index (Phi) is 4.28. The van der Waals surface area contributed by atoms with E-state index in [0.29, 0.717) is 5.41 Å². The number of rotatable bonds is 4. The van der Waals surface area contributed by atoms with Gasteiger partial charge in [0, 0.05) is 30.9 Å². The van der Waals surface area contributed by atoms with Crippen LogP contribution in [-0.4, -0.2) is 40.8 Å². The van der Waals surface area contributed by atoms with Crippen molar-refractivity contribution < 1.29 is 4.74 Å². The fraction of sp³-hybridized carbons (Fsp3) is 0.600. The van der Waals surface area contributed by atoms with Crippen molar-refractivity contribution in [1.29, 1.82) is 0 Å². The van der Waals surface area contributed by atoms with Crippen LogP contribution in [0.2, 0.25) is 0 Å². The monoisotopic (exact) mass is 340 g/mol. The molecular formula is C20H28N4O. The predicted molar refractivity (Wildman–Crippen MR) is 99.8 cm³/mol. The van der Waals surface area contributed by atoms with Crippen LogP contribution in [0.3, 0.4) is 0 Å². The van der Waals surface area contributed by atoms with Crippen molar-refractivity contribution in [3.05, 3.63) is 30.0 Å². The van der Waals surface area contributed by atoms with E-state index < -0.39 is 0 Å². The first kappa shape index (κ1) is 16.6. The molecule has 5 heteroatoms. The third kappa shape index (κ3) is 3.56. The Morgan fingerprint density at radius 1 is 1.24 bits per heavy atom. The van der Waals surface area contributed by atoms with Crippen molar-refractivity contribution in [2.75, 3.05) is 24.6 Å². The Labute approximate surface area is 150 Å². The summed E-state index contributed by atoms with van der Waals surface area (Å²) < 4.78 is 7.75. The molecule has 1 aromatic carbocycles. The summed E-state index contributed by atoms with van der Waals surface area (Å²) in [4.78, 5) is 2.43. The topological polar surface area (TPSA) is 43.2 Å². The molecule has 0 bridgehead atoms. The van der Waals surface area contributed by atoms with Gasteiger partial charge in [0.15, 0.2) is 0 Å². The van der Waals surface area contributed by atoms with Gasteiger partial charge in [0.05, 0.1) is 18.8 Å². The van der Waals surface area contributed by atoms with Gasteiger partial charge in [-0.25, -0.2) is 4.68 Å². The van der Waals surface area contributed by atoms with Crippen LogP contribution < -0.4 is 4.90 Å². The largest absolute Gasteiger partial charge is 0.376 e. The van der Waals surface area contributed by atoms with E-state index in [4.69, 9.17) is 4.74 Å². The molecule has 0 spiro atoms. The third-order valence-electron chi connectivity index (χ3n) is 5.30. The second kappa shape index (κ2) is 6.45. The molecule has 1 atom stereocenters. The Hall–Kier alpha value is -1.88. The van der Waals surface area contributed by atoms with Crippen molar-refractivity contribution in [3.63, 3.8) is 0 Å². The standard InChI is InChI=1S/C20H28N4O/c1-15-7-8-16(23-13-20(2,3)14-23)10-18(15)19-12-24(22-21-19)11-17-6-4-5-9-25-17/h7-8,10,12,17H,4-6,9,11,13-14H2,1-3H3. The summed E-state index contributed by atoms with van der Waals surface area (Å²) in [5, 5.41) is 8.76. The molecular weight excluding hydrogens is 312 g/mol. The Morgan fingerprint density at radius 2 is 2.08 bits per heavy atom. The maximum atomic E-state index is 5.82. The predicted octanol–water partition coefficient (Wildman–Crippen LogP) is 3.67. The van der Waals surface area contributed by atoms with Crippen LogP contribution in [-0.2, 0) is 11.3 Å². The van der Waals surface area contributed by atoms with E-state index in [0.717, 1.165) is 38.4 Å². The van der Waals surface area contributed by atoms with Gasteiger partial charge < -0.3 is 9.64 Å². The first-order valence-corrected chi connectivity index (χ1v) is 9.38.